The summed E-state index contributed by atoms with van der Waals surface area (Å²) in [7, 11) is 1.52. The van der Waals surface area contributed by atoms with Gasteiger partial charge in [-0.25, -0.2) is 14.6 Å². The van der Waals surface area contributed by atoms with E-state index in [4.69, 9.17) is 20.8 Å². The molecule has 0 aliphatic heterocycles. The lowest BCUT2D eigenvalue weighted by Gasteiger charge is -2.01. The number of ether oxygens (including phenoxy) is 1. The summed E-state index contributed by atoms with van der Waals surface area (Å²) in [4.78, 5) is 8.19. The molecule has 9 heteroatoms. The van der Waals surface area contributed by atoms with E-state index in [1.54, 1.807) is 30.7 Å². The Hall–Kier alpha value is -2.74. The van der Waals surface area contributed by atoms with Crippen molar-refractivity contribution in [1.82, 2.24) is 29.9 Å². The number of nitrogens with zero attached hydrogens (tertiary/aromatic N) is 6. The first-order valence-electron chi connectivity index (χ1n) is 5.82. The van der Waals surface area contributed by atoms with Gasteiger partial charge in [0.1, 0.15) is 11.5 Å². The van der Waals surface area contributed by atoms with Crippen molar-refractivity contribution in [2.75, 3.05) is 7.11 Å². The van der Waals surface area contributed by atoms with Gasteiger partial charge in [0.05, 0.1) is 7.11 Å². The van der Waals surface area contributed by atoms with E-state index in [-0.39, 0.29) is 0 Å². The Balaban J connectivity index is 1.86. The fourth-order valence-electron chi connectivity index (χ4n) is 1.58. The Morgan fingerprint density at radius 2 is 2.29 bits per heavy atom. The normalized spacial score (nSPS) is 11.1. The van der Waals surface area contributed by atoms with E-state index in [1.807, 2.05) is 0 Å². The van der Waals surface area contributed by atoms with Crippen molar-refractivity contribution in [3.8, 4) is 17.3 Å². The van der Waals surface area contributed by atoms with E-state index >= 15 is 0 Å². The second-order valence-electron chi connectivity index (χ2n) is 3.86. The summed E-state index contributed by atoms with van der Waals surface area (Å²) in [5, 5.41) is 11.9. The molecule has 0 amide bonds. The van der Waals surface area contributed by atoms with Gasteiger partial charge in [0.25, 0.3) is 0 Å². The van der Waals surface area contributed by atoms with Crippen molar-refractivity contribution in [3.63, 3.8) is 0 Å². The molecule has 21 heavy (non-hydrogen) atoms. The smallest absolute Gasteiger partial charge is 0.241 e. The van der Waals surface area contributed by atoms with Crippen LogP contribution in [0.3, 0.4) is 0 Å². The van der Waals surface area contributed by atoms with Crippen LogP contribution in [0.4, 0.5) is 0 Å². The molecule has 3 rings (SSSR count). The van der Waals surface area contributed by atoms with Crippen LogP contribution in [0.2, 0.25) is 5.15 Å². The Labute approximate surface area is 124 Å². The van der Waals surface area contributed by atoms with E-state index in [9.17, 15) is 0 Å². The standard InChI is InChI=1S/C12H9ClN6O2/c1-20-11-5-8(4-9(13)16-11)12-14-6-19(18-12)3-2-10-17-15-7-21-10/h2-7H,1H3. The second-order valence-corrected chi connectivity index (χ2v) is 4.25. The van der Waals surface area contributed by atoms with Crippen molar-refractivity contribution in [1.29, 1.82) is 0 Å². The number of hydrogen-bond donors (Lipinski definition) is 0. The number of pyridine rings is 1. The highest BCUT2D eigenvalue weighted by Crippen LogP contribution is 2.22. The summed E-state index contributed by atoms with van der Waals surface area (Å²) in [6.07, 6.45) is 6.05. The maximum atomic E-state index is 5.92. The molecule has 0 aliphatic carbocycles. The first-order chi connectivity index (χ1) is 10.2. The van der Waals surface area contributed by atoms with E-state index in [0.29, 0.717) is 28.3 Å². The molecule has 0 saturated carbocycles. The Morgan fingerprint density at radius 3 is 3.05 bits per heavy atom. The van der Waals surface area contributed by atoms with Crippen LogP contribution in [-0.4, -0.2) is 37.1 Å². The van der Waals surface area contributed by atoms with Gasteiger partial charge in [-0.2, -0.15) is 0 Å². The van der Waals surface area contributed by atoms with Crippen molar-refractivity contribution >= 4 is 23.9 Å². The highest BCUT2D eigenvalue weighted by atomic mass is 35.5. The van der Waals surface area contributed by atoms with Gasteiger partial charge in [0.2, 0.25) is 18.2 Å². The molecule has 8 nitrogen and oxygen atoms in total. The molecule has 0 atom stereocenters. The number of methoxy groups -OCH3 is 1. The van der Waals surface area contributed by atoms with Gasteiger partial charge in [-0.15, -0.1) is 15.3 Å². The number of hydrogen-bond acceptors (Lipinski definition) is 7. The third kappa shape index (κ3) is 3.06. The third-order valence-electron chi connectivity index (χ3n) is 2.49. The Morgan fingerprint density at radius 1 is 1.38 bits per heavy atom. The van der Waals surface area contributed by atoms with Crippen molar-refractivity contribution in [2.45, 2.75) is 0 Å². The average Bonchev–Trinajstić information content (AvgIpc) is 3.15. The van der Waals surface area contributed by atoms with Crippen LogP contribution in [0.5, 0.6) is 5.88 Å². The van der Waals surface area contributed by atoms with E-state index in [2.05, 4.69) is 25.3 Å². The Kier molecular flexibility index (Phi) is 3.61. The molecular formula is C12H9ClN6O2. The fraction of sp³-hybridized carbons (Fsp3) is 0.0833. The van der Waals surface area contributed by atoms with Crippen LogP contribution >= 0.6 is 11.6 Å². The summed E-state index contributed by atoms with van der Waals surface area (Å²) < 4.78 is 11.6. The molecule has 3 aromatic heterocycles. The quantitative estimate of drug-likeness (QED) is 0.681. The molecule has 3 heterocycles. The molecule has 3 aromatic rings. The minimum absolute atomic E-state index is 0.308. The monoisotopic (exact) mass is 304 g/mol. The van der Waals surface area contributed by atoms with E-state index in [1.165, 1.54) is 18.2 Å². The van der Waals surface area contributed by atoms with E-state index in [0.717, 1.165) is 0 Å². The second kappa shape index (κ2) is 5.71. The molecule has 106 valence electrons. The third-order valence-corrected chi connectivity index (χ3v) is 2.69. The molecule has 0 N–H and O–H groups in total. The zero-order valence-electron chi connectivity index (χ0n) is 10.8. The van der Waals surface area contributed by atoms with Gasteiger partial charge in [-0.1, -0.05) is 11.6 Å². The fourth-order valence-corrected chi connectivity index (χ4v) is 1.78. The summed E-state index contributed by atoms with van der Waals surface area (Å²) >= 11 is 5.92. The lowest BCUT2D eigenvalue weighted by molar-refractivity contribution is 0.398. The maximum Gasteiger partial charge on any atom is 0.241 e. The number of halogens is 1. The molecule has 0 saturated heterocycles. The molecule has 0 aliphatic rings. The molecule has 0 radical (unpaired) electrons. The summed E-state index contributed by atoms with van der Waals surface area (Å²) in [5.41, 5.74) is 0.705. The first-order valence-corrected chi connectivity index (χ1v) is 6.20. The molecule has 0 aromatic carbocycles. The van der Waals surface area contributed by atoms with Gasteiger partial charge in [0, 0.05) is 23.9 Å². The van der Waals surface area contributed by atoms with Gasteiger partial charge >= 0.3 is 0 Å². The van der Waals surface area contributed by atoms with Crippen LogP contribution in [-0.2, 0) is 0 Å². The zero-order valence-corrected chi connectivity index (χ0v) is 11.6. The maximum absolute atomic E-state index is 5.92. The van der Waals surface area contributed by atoms with Crippen molar-refractivity contribution in [3.05, 3.63) is 35.9 Å². The predicted octanol–water partition coefficient (Wildman–Crippen LogP) is 2.01. The van der Waals surface area contributed by atoms with Gasteiger partial charge in [-0.05, 0) is 6.07 Å². The van der Waals surface area contributed by atoms with Crippen LogP contribution in [0, 0.1) is 0 Å². The minimum atomic E-state index is 0.308. The SMILES string of the molecule is COc1cc(-c2ncn(C=Cc3nnco3)n2)cc(Cl)n1. The predicted molar refractivity (Wildman–Crippen MR) is 74.3 cm³/mol. The molecule has 0 spiro atoms. The lowest BCUT2D eigenvalue weighted by atomic mass is 10.2. The highest BCUT2D eigenvalue weighted by molar-refractivity contribution is 6.29. The molecule has 0 unspecified atom stereocenters. The molecule has 0 bridgehead atoms. The molecule has 0 fully saturated rings. The largest absolute Gasteiger partial charge is 0.481 e. The summed E-state index contributed by atoms with van der Waals surface area (Å²) in [6, 6.07) is 3.36. The average molecular weight is 305 g/mol. The van der Waals surface area contributed by atoms with Crippen LogP contribution in [0.1, 0.15) is 5.89 Å². The van der Waals surface area contributed by atoms with Crippen molar-refractivity contribution < 1.29 is 9.15 Å². The van der Waals surface area contributed by atoms with Crippen molar-refractivity contribution in [2.24, 2.45) is 0 Å². The van der Waals surface area contributed by atoms with E-state index < -0.39 is 0 Å². The summed E-state index contributed by atoms with van der Waals surface area (Å²) in [6.45, 7) is 0. The van der Waals surface area contributed by atoms with Crippen LogP contribution in [0.25, 0.3) is 23.7 Å². The zero-order chi connectivity index (χ0) is 14.7. The Bertz CT molecular complexity index is 768. The number of rotatable bonds is 4. The minimum Gasteiger partial charge on any atom is -0.481 e. The van der Waals surface area contributed by atoms with Gasteiger partial charge < -0.3 is 9.15 Å². The molecular weight excluding hydrogens is 296 g/mol. The van der Waals surface area contributed by atoms with Crippen LogP contribution < -0.4 is 4.74 Å². The number of aromatic nitrogens is 6. The lowest BCUT2D eigenvalue weighted by Crippen LogP contribution is -1.91. The van der Waals surface area contributed by atoms with Gasteiger partial charge in [-0.3, -0.25) is 0 Å². The van der Waals surface area contributed by atoms with Crippen LogP contribution in [0.15, 0.2) is 29.3 Å². The first kappa shape index (κ1) is 13.3. The topological polar surface area (TPSA) is 91.8 Å². The summed E-state index contributed by atoms with van der Waals surface area (Å²) in [5.74, 6) is 1.27. The van der Waals surface area contributed by atoms with Gasteiger partial charge in [0.15, 0.2) is 5.82 Å². The highest BCUT2D eigenvalue weighted by Gasteiger charge is 2.08.